The van der Waals surface area contributed by atoms with Crippen molar-refractivity contribution in [1.29, 1.82) is 0 Å². The van der Waals surface area contributed by atoms with Crippen LogP contribution < -0.4 is 5.73 Å². The first-order valence-electron chi connectivity index (χ1n) is 5.43. The van der Waals surface area contributed by atoms with Crippen molar-refractivity contribution in [2.24, 2.45) is 11.7 Å². The van der Waals surface area contributed by atoms with Gasteiger partial charge >= 0.3 is 0 Å². The van der Waals surface area contributed by atoms with Crippen molar-refractivity contribution in [1.82, 2.24) is 4.90 Å². The predicted octanol–water partition coefficient (Wildman–Crippen LogP) is 1.70. The molecule has 1 aliphatic rings. The van der Waals surface area contributed by atoms with Crippen LogP contribution in [0.25, 0.3) is 0 Å². The topological polar surface area (TPSA) is 29.3 Å². The van der Waals surface area contributed by atoms with Gasteiger partial charge in [0.25, 0.3) is 0 Å². The number of hydrogen-bond acceptors (Lipinski definition) is 2. The summed E-state index contributed by atoms with van der Waals surface area (Å²) in [6.45, 7) is 3.08. The smallest absolute Gasteiger partial charge is 0.239 e. The monoisotopic (exact) mass is 206 g/mol. The molecule has 1 saturated heterocycles. The van der Waals surface area contributed by atoms with Crippen LogP contribution in [0.2, 0.25) is 0 Å². The Hall–Kier alpha value is -0.220. The highest BCUT2D eigenvalue weighted by Crippen LogP contribution is 2.16. The third-order valence-corrected chi connectivity index (χ3v) is 2.85. The van der Waals surface area contributed by atoms with E-state index in [0.717, 1.165) is 25.9 Å². The molecule has 1 fully saturated rings. The Bertz CT molecular complexity index is 153. The van der Waals surface area contributed by atoms with Crippen LogP contribution in [-0.2, 0) is 0 Å². The predicted molar refractivity (Wildman–Crippen MR) is 53.5 cm³/mol. The standard InChI is InChI=1S/C10H20F2N2/c11-10(12)4-6-14-5-2-1-3-9(7-13)8-14/h9-10H,1-8,13H2. The zero-order chi connectivity index (χ0) is 10.4. The number of halogens is 2. The molecule has 0 aromatic carbocycles. The average Bonchev–Trinajstić information content (AvgIpc) is 2.39. The van der Waals surface area contributed by atoms with Gasteiger partial charge in [-0.3, -0.25) is 0 Å². The van der Waals surface area contributed by atoms with Crippen molar-refractivity contribution in [3.05, 3.63) is 0 Å². The first-order chi connectivity index (χ1) is 6.72. The van der Waals surface area contributed by atoms with E-state index in [2.05, 4.69) is 4.90 Å². The number of hydrogen-bond donors (Lipinski definition) is 1. The lowest BCUT2D eigenvalue weighted by Crippen LogP contribution is -2.33. The van der Waals surface area contributed by atoms with Crippen LogP contribution in [0.15, 0.2) is 0 Å². The Kier molecular flexibility index (Phi) is 5.33. The van der Waals surface area contributed by atoms with Crippen LogP contribution in [0.4, 0.5) is 8.78 Å². The highest BCUT2D eigenvalue weighted by Gasteiger charge is 2.17. The number of nitrogens with two attached hydrogens (primary N) is 1. The second-order valence-corrected chi connectivity index (χ2v) is 4.08. The maximum absolute atomic E-state index is 12.0. The first-order valence-corrected chi connectivity index (χ1v) is 5.43. The van der Waals surface area contributed by atoms with Crippen molar-refractivity contribution in [3.63, 3.8) is 0 Å². The molecule has 1 rings (SSSR count). The van der Waals surface area contributed by atoms with Gasteiger partial charge in [-0.05, 0) is 31.8 Å². The molecule has 4 heteroatoms. The van der Waals surface area contributed by atoms with Crippen LogP contribution >= 0.6 is 0 Å². The number of likely N-dealkylation sites (tertiary alicyclic amines) is 1. The van der Waals surface area contributed by atoms with E-state index in [1.165, 1.54) is 6.42 Å². The van der Waals surface area contributed by atoms with E-state index in [4.69, 9.17) is 5.73 Å². The zero-order valence-corrected chi connectivity index (χ0v) is 8.59. The lowest BCUT2D eigenvalue weighted by molar-refractivity contribution is 0.113. The molecule has 1 unspecified atom stereocenters. The van der Waals surface area contributed by atoms with Crippen molar-refractivity contribution in [3.8, 4) is 0 Å². The Labute approximate surface area is 84.4 Å². The van der Waals surface area contributed by atoms with Gasteiger partial charge in [-0.2, -0.15) is 0 Å². The van der Waals surface area contributed by atoms with Crippen molar-refractivity contribution < 1.29 is 8.78 Å². The van der Waals surface area contributed by atoms with E-state index in [1.54, 1.807) is 0 Å². The molecule has 0 amide bonds. The van der Waals surface area contributed by atoms with E-state index in [1.807, 2.05) is 0 Å². The largest absolute Gasteiger partial charge is 0.330 e. The van der Waals surface area contributed by atoms with Gasteiger partial charge in [0.05, 0.1) is 0 Å². The van der Waals surface area contributed by atoms with E-state index in [9.17, 15) is 8.78 Å². The molecule has 0 saturated carbocycles. The van der Waals surface area contributed by atoms with Crippen LogP contribution in [-0.4, -0.2) is 37.5 Å². The normalized spacial score (nSPS) is 25.3. The minimum absolute atomic E-state index is 0.00269. The van der Waals surface area contributed by atoms with Crippen LogP contribution in [0.3, 0.4) is 0 Å². The van der Waals surface area contributed by atoms with Gasteiger partial charge in [0.15, 0.2) is 0 Å². The molecule has 14 heavy (non-hydrogen) atoms. The van der Waals surface area contributed by atoms with E-state index < -0.39 is 6.43 Å². The molecule has 0 spiro atoms. The van der Waals surface area contributed by atoms with Crippen LogP contribution in [0, 0.1) is 5.92 Å². The summed E-state index contributed by atoms with van der Waals surface area (Å²) in [7, 11) is 0. The molecule has 0 aliphatic carbocycles. The van der Waals surface area contributed by atoms with Gasteiger partial charge in [0.1, 0.15) is 0 Å². The Morgan fingerprint density at radius 3 is 2.79 bits per heavy atom. The van der Waals surface area contributed by atoms with Crippen molar-refractivity contribution in [2.75, 3.05) is 26.2 Å². The minimum Gasteiger partial charge on any atom is -0.330 e. The molecule has 2 N–H and O–H groups in total. The summed E-state index contributed by atoms with van der Waals surface area (Å²) in [6, 6.07) is 0. The van der Waals surface area contributed by atoms with Crippen LogP contribution in [0.1, 0.15) is 25.7 Å². The quantitative estimate of drug-likeness (QED) is 0.758. The molecular formula is C10H20F2N2. The fourth-order valence-electron chi connectivity index (χ4n) is 1.99. The maximum Gasteiger partial charge on any atom is 0.239 e. The van der Waals surface area contributed by atoms with Gasteiger partial charge in [-0.1, -0.05) is 6.42 Å². The molecule has 0 aromatic heterocycles. The number of rotatable bonds is 4. The van der Waals surface area contributed by atoms with Gasteiger partial charge in [-0.15, -0.1) is 0 Å². The second kappa shape index (κ2) is 6.30. The molecule has 2 nitrogen and oxygen atoms in total. The Morgan fingerprint density at radius 1 is 1.36 bits per heavy atom. The first kappa shape index (κ1) is 11.9. The highest BCUT2D eigenvalue weighted by molar-refractivity contribution is 4.71. The average molecular weight is 206 g/mol. The highest BCUT2D eigenvalue weighted by atomic mass is 19.3. The molecule has 0 aromatic rings. The summed E-state index contributed by atoms with van der Waals surface area (Å²) in [6.07, 6.45) is 1.29. The Morgan fingerprint density at radius 2 is 2.14 bits per heavy atom. The summed E-state index contributed by atoms with van der Waals surface area (Å²) in [5.74, 6) is 0.509. The Balaban J connectivity index is 2.27. The number of nitrogens with zero attached hydrogens (tertiary/aromatic N) is 1. The summed E-state index contributed by atoms with van der Waals surface area (Å²) in [5, 5.41) is 0. The summed E-state index contributed by atoms with van der Waals surface area (Å²) in [4.78, 5) is 2.14. The van der Waals surface area contributed by atoms with E-state index in [-0.39, 0.29) is 6.42 Å². The molecule has 84 valence electrons. The maximum atomic E-state index is 12.0. The van der Waals surface area contributed by atoms with Gasteiger partial charge < -0.3 is 10.6 Å². The van der Waals surface area contributed by atoms with Gasteiger partial charge in [-0.25, -0.2) is 8.78 Å². The molecule has 1 atom stereocenters. The third kappa shape index (κ3) is 4.33. The molecule has 1 aliphatic heterocycles. The van der Waals surface area contributed by atoms with Crippen LogP contribution in [0.5, 0.6) is 0 Å². The van der Waals surface area contributed by atoms with Crippen molar-refractivity contribution in [2.45, 2.75) is 32.1 Å². The summed E-state index contributed by atoms with van der Waals surface area (Å²) >= 11 is 0. The minimum atomic E-state index is -2.17. The second-order valence-electron chi connectivity index (χ2n) is 4.08. The molecular weight excluding hydrogens is 186 g/mol. The fraction of sp³-hybridized carbons (Fsp3) is 1.00. The lowest BCUT2D eigenvalue weighted by atomic mass is 10.0. The summed E-state index contributed by atoms with van der Waals surface area (Å²) in [5.41, 5.74) is 5.62. The molecule has 0 radical (unpaired) electrons. The van der Waals surface area contributed by atoms with E-state index >= 15 is 0 Å². The fourth-order valence-corrected chi connectivity index (χ4v) is 1.99. The number of alkyl halides is 2. The third-order valence-electron chi connectivity index (χ3n) is 2.85. The summed E-state index contributed by atoms with van der Waals surface area (Å²) < 4.78 is 24.0. The zero-order valence-electron chi connectivity index (χ0n) is 8.59. The molecule has 0 bridgehead atoms. The van der Waals surface area contributed by atoms with Gasteiger partial charge in [0, 0.05) is 19.5 Å². The van der Waals surface area contributed by atoms with E-state index in [0.29, 0.717) is 19.0 Å². The molecule has 1 heterocycles. The SMILES string of the molecule is NCC1CCCCN(CCC(F)F)C1. The van der Waals surface area contributed by atoms with Crippen molar-refractivity contribution >= 4 is 0 Å². The van der Waals surface area contributed by atoms with Gasteiger partial charge in [0.2, 0.25) is 6.43 Å². The lowest BCUT2D eigenvalue weighted by Gasteiger charge is -2.23.